The van der Waals surface area contributed by atoms with Gasteiger partial charge in [0.05, 0.1) is 29.0 Å². The van der Waals surface area contributed by atoms with Gasteiger partial charge >= 0.3 is 0 Å². The zero-order valence-corrected chi connectivity index (χ0v) is 22.4. The quantitative estimate of drug-likeness (QED) is 0.251. The van der Waals surface area contributed by atoms with Crippen molar-refractivity contribution in [3.63, 3.8) is 0 Å². The third kappa shape index (κ3) is 4.85. The van der Waals surface area contributed by atoms with Crippen molar-refractivity contribution < 1.29 is 9.53 Å². The summed E-state index contributed by atoms with van der Waals surface area (Å²) in [7, 11) is 0. The molecule has 1 aliphatic heterocycles. The first-order chi connectivity index (χ1) is 17.3. The van der Waals surface area contributed by atoms with E-state index in [0.29, 0.717) is 34.3 Å². The number of benzene rings is 2. The number of hydrogen-bond donors (Lipinski definition) is 1. The third-order valence-corrected chi connectivity index (χ3v) is 8.56. The van der Waals surface area contributed by atoms with Crippen LogP contribution in [0.5, 0.6) is 0 Å². The molecule has 0 spiro atoms. The first-order valence-electron chi connectivity index (χ1n) is 12.1. The Hall–Kier alpha value is -2.94. The Bertz CT molecular complexity index is 1480. The lowest BCUT2D eigenvalue weighted by molar-refractivity contribution is -0.115. The summed E-state index contributed by atoms with van der Waals surface area (Å²) < 4.78 is 7.73. The smallest absolute Gasteiger partial charge is 0.267 e. The Morgan fingerprint density at radius 1 is 1.17 bits per heavy atom. The van der Waals surface area contributed by atoms with E-state index in [1.165, 1.54) is 23.1 Å². The Balaban J connectivity index is 1.59. The minimum absolute atomic E-state index is 0.0814. The fourth-order valence-corrected chi connectivity index (χ4v) is 6.48. The zero-order chi connectivity index (χ0) is 25.4. The molecule has 5 rings (SSSR count). The van der Waals surface area contributed by atoms with E-state index in [-0.39, 0.29) is 17.6 Å². The molecule has 0 aliphatic carbocycles. The van der Waals surface area contributed by atoms with Crippen LogP contribution in [-0.4, -0.2) is 26.8 Å². The predicted octanol–water partition coefficient (Wildman–Crippen LogP) is 5.97. The largest absolute Gasteiger partial charge is 0.372 e. The number of fused-ring (bicyclic) bond motifs is 3. The van der Waals surface area contributed by atoms with Crippen LogP contribution >= 0.6 is 23.1 Å². The fourth-order valence-electron chi connectivity index (χ4n) is 4.39. The van der Waals surface area contributed by atoms with E-state index in [1.54, 1.807) is 4.57 Å². The minimum Gasteiger partial charge on any atom is -0.372 e. The van der Waals surface area contributed by atoms with Crippen molar-refractivity contribution in [3.8, 4) is 5.69 Å². The summed E-state index contributed by atoms with van der Waals surface area (Å²) in [5, 5.41) is 3.67. The number of carbonyl (C=O) groups is 1. The number of para-hydroxylation sites is 1. The summed E-state index contributed by atoms with van der Waals surface area (Å²) >= 11 is 2.82. The third-order valence-electron chi connectivity index (χ3n) is 6.41. The summed E-state index contributed by atoms with van der Waals surface area (Å²) in [6, 6.07) is 17.2. The Labute approximate surface area is 218 Å². The van der Waals surface area contributed by atoms with Crippen LogP contribution < -0.4 is 10.9 Å². The van der Waals surface area contributed by atoms with Gasteiger partial charge in [0.2, 0.25) is 5.91 Å². The lowest BCUT2D eigenvalue weighted by Crippen LogP contribution is -2.29. The molecule has 36 heavy (non-hydrogen) atoms. The second-order valence-electron chi connectivity index (χ2n) is 9.47. The molecule has 0 radical (unpaired) electrons. The Kier molecular flexibility index (Phi) is 7.01. The van der Waals surface area contributed by atoms with Gasteiger partial charge in [0.25, 0.3) is 5.56 Å². The molecule has 2 atom stereocenters. The van der Waals surface area contributed by atoms with E-state index in [4.69, 9.17) is 9.72 Å². The molecule has 2 aromatic heterocycles. The number of aromatic nitrogens is 2. The van der Waals surface area contributed by atoms with E-state index >= 15 is 0 Å². The van der Waals surface area contributed by atoms with Crippen molar-refractivity contribution in [1.82, 2.24) is 9.55 Å². The van der Waals surface area contributed by atoms with Crippen LogP contribution in [-0.2, 0) is 22.6 Å². The van der Waals surface area contributed by atoms with E-state index in [2.05, 4.69) is 19.2 Å². The van der Waals surface area contributed by atoms with Crippen molar-refractivity contribution in [2.75, 3.05) is 5.32 Å². The van der Waals surface area contributed by atoms with Crippen LogP contribution in [0.4, 0.5) is 5.69 Å². The number of carbonyl (C=O) groups excluding carboxylic acids is 1. The average molecular weight is 520 g/mol. The molecular weight excluding hydrogens is 490 g/mol. The number of rotatable bonds is 6. The van der Waals surface area contributed by atoms with E-state index in [1.807, 2.05) is 68.4 Å². The number of aryl methyl sites for hydroxylation is 1. The van der Waals surface area contributed by atoms with Gasteiger partial charge < -0.3 is 10.1 Å². The lowest BCUT2D eigenvalue weighted by atomic mass is 9.96. The summed E-state index contributed by atoms with van der Waals surface area (Å²) in [6.07, 6.45) is 0.790. The molecule has 1 N–H and O–H groups in total. The lowest BCUT2D eigenvalue weighted by Gasteiger charge is -2.26. The molecular formula is C28H29N3O3S2. The number of ether oxygens (including phenoxy) is 1. The molecule has 3 heterocycles. The molecule has 0 bridgehead atoms. The van der Waals surface area contributed by atoms with Gasteiger partial charge in [-0.15, -0.1) is 11.3 Å². The normalized spacial score (nSPS) is 16.2. The molecule has 8 heteroatoms. The minimum atomic E-state index is -0.464. The maximum absolute atomic E-state index is 14.1. The van der Waals surface area contributed by atoms with Gasteiger partial charge in [-0.1, -0.05) is 55.9 Å². The summed E-state index contributed by atoms with van der Waals surface area (Å²) in [5.74, 6) is 0.217. The van der Waals surface area contributed by atoms with Crippen LogP contribution in [0, 0.1) is 12.8 Å². The van der Waals surface area contributed by atoms with Crippen LogP contribution in [0.3, 0.4) is 0 Å². The standard InChI is InChI=1S/C28H29N3O3S2/c1-16(2)22-14-21-23(15-34-22)36-26-24(21)27(33)31(20-12-8-9-17(3)13-20)28(30-26)35-18(4)25(32)29-19-10-6-5-7-11-19/h5-13,16,18,22H,14-15H2,1-4H3,(H,29,32)/t18-,22+/m0/s1. The average Bonchev–Trinajstić information content (AvgIpc) is 3.22. The van der Waals surface area contributed by atoms with Crippen LogP contribution in [0.1, 0.15) is 36.8 Å². The van der Waals surface area contributed by atoms with E-state index < -0.39 is 5.25 Å². The number of amides is 1. The second kappa shape index (κ2) is 10.2. The maximum atomic E-state index is 14.1. The number of anilines is 1. The predicted molar refractivity (Wildman–Crippen MR) is 147 cm³/mol. The van der Waals surface area contributed by atoms with Crippen molar-refractivity contribution >= 4 is 44.9 Å². The van der Waals surface area contributed by atoms with Gasteiger partial charge in [-0.05, 0) is 55.2 Å². The van der Waals surface area contributed by atoms with Gasteiger partial charge in [0.15, 0.2) is 5.16 Å². The molecule has 0 saturated carbocycles. The van der Waals surface area contributed by atoms with Crippen molar-refractivity contribution in [1.29, 1.82) is 0 Å². The van der Waals surface area contributed by atoms with Crippen molar-refractivity contribution in [3.05, 3.63) is 81.0 Å². The highest BCUT2D eigenvalue weighted by Gasteiger charge is 2.29. The number of thiophene rings is 1. The number of nitrogens with zero attached hydrogens (tertiary/aromatic N) is 2. The molecule has 0 saturated heterocycles. The van der Waals surface area contributed by atoms with Crippen molar-refractivity contribution in [2.45, 2.75) is 57.2 Å². The van der Waals surface area contributed by atoms with Crippen molar-refractivity contribution in [2.24, 2.45) is 5.92 Å². The van der Waals surface area contributed by atoms with E-state index in [0.717, 1.165) is 27.4 Å². The first-order valence-corrected chi connectivity index (χ1v) is 13.8. The van der Waals surface area contributed by atoms with Gasteiger partial charge in [0, 0.05) is 17.0 Å². The highest BCUT2D eigenvalue weighted by atomic mass is 32.2. The van der Waals surface area contributed by atoms with Gasteiger partial charge in [-0.3, -0.25) is 14.2 Å². The molecule has 1 amide bonds. The molecule has 6 nitrogen and oxygen atoms in total. The molecule has 0 unspecified atom stereocenters. The highest BCUT2D eigenvalue weighted by Crippen LogP contribution is 2.37. The molecule has 2 aromatic carbocycles. The summed E-state index contributed by atoms with van der Waals surface area (Å²) in [4.78, 5) is 33.8. The fraction of sp³-hybridized carbons (Fsp3) is 0.321. The molecule has 0 fully saturated rings. The van der Waals surface area contributed by atoms with Gasteiger partial charge in [-0.25, -0.2) is 4.98 Å². The number of hydrogen-bond acceptors (Lipinski definition) is 6. The first kappa shape index (κ1) is 24.7. The van der Waals surface area contributed by atoms with Crippen LogP contribution in [0.25, 0.3) is 15.9 Å². The second-order valence-corrected chi connectivity index (χ2v) is 11.9. The van der Waals surface area contributed by atoms with Crippen LogP contribution in [0.2, 0.25) is 0 Å². The molecule has 186 valence electrons. The van der Waals surface area contributed by atoms with Crippen LogP contribution in [0.15, 0.2) is 64.5 Å². The number of thioether (sulfide) groups is 1. The van der Waals surface area contributed by atoms with Gasteiger partial charge in [0.1, 0.15) is 4.83 Å². The molecule has 1 aliphatic rings. The zero-order valence-electron chi connectivity index (χ0n) is 20.8. The molecule has 4 aromatic rings. The summed E-state index contributed by atoms with van der Waals surface area (Å²) in [5.41, 5.74) is 3.50. The van der Waals surface area contributed by atoms with E-state index in [9.17, 15) is 9.59 Å². The highest BCUT2D eigenvalue weighted by molar-refractivity contribution is 8.00. The SMILES string of the molecule is Cc1cccc(-n2c(S[C@@H](C)C(=O)Nc3ccccc3)nc3sc4c(c3c2=O)C[C@H](C(C)C)OC4)c1. The monoisotopic (exact) mass is 519 g/mol. The summed E-state index contributed by atoms with van der Waals surface area (Å²) in [6.45, 7) is 8.62. The number of nitrogens with one attached hydrogen (secondary N) is 1. The Morgan fingerprint density at radius 3 is 2.67 bits per heavy atom. The Morgan fingerprint density at radius 2 is 1.94 bits per heavy atom. The van der Waals surface area contributed by atoms with Gasteiger partial charge in [-0.2, -0.15) is 0 Å². The maximum Gasteiger partial charge on any atom is 0.267 e. The topological polar surface area (TPSA) is 73.2 Å².